The Balaban J connectivity index is 5.22. The molecule has 0 aromatic rings. The van der Waals surface area contributed by atoms with Crippen LogP contribution in [0.2, 0.25) is 0 Å². The third-order valence-corrected chi connectivity index (χ3v) is 22.4. The van der Waals surface area contributed by atoms with Crippen molar-refractivity contribution in [1.82, 2.24) is 0 Å². The van der Waals surface area contributed by atoms with E-state index >= 15 is 0 Å². The molecule has 0 spiro atoms. The van der Waals surface area contributed by atoms with Gasteiger partial charge in [-0.25, -0.2) is 9.13 Å². The number of rotatable bonds is 86. The van der Waals surface area contributed by atoms with Gasteiger partial charge in [-0.2, -0.15) is 0 Å². The van der Waals surface area contributed by atoms with Crippen LogP contribution in [0.1, 0.15) is 465 Å². The highest BCUT2D eigenvalue weighted by Gasteiger charge is 2.30. The molecule has 0 aromatic carbocycles. The number of carbonyl (C=O) groups excluding carboxylic acids is 4. The average Bonchev–Trinajstić information content (AvgIpc) is 0.900. The zero-order chi connectivity index (χ0) is 77.8. The number of hydrogen-bond donors (Lipinski definition) is 3. The summed E-state index contributed by atoms with van der Waals surface area (Å²) in [7, 11) is -9.93. The molecule has 2 unspecified atom stereocenters. The van der Waals surface area contributed by atoms with Crippen LogP contribution in [0.4, 0.5) is 0 Å². The Hall–Kier alpha value is -1.94. The van der Waals surface area contributed by atoms with Crippen molar-refractivity contribution in [3.8, 4) is 0 Å². The SMILES string of the molecule is CCCCCCCCCCCCCCCCCCCCCCCCC(=O)O[C@H](COC(=O)CCCCCCCCCCCCCCCCC(C)C)COP(=O)(O)OC[C@@H](O)COP(=O)(O)OC[C@@H](COC(=O)CCCCCCCCCCCC)OC(=O)CCCCCCCCCCCCCCCCC(C)C. The Kier molecular flexibility index (Phi) is 76.9. The molecular weight excluding hydrogens is 1380 g/mol. The molecule has 17 nitrogen and oxygen atoms in total. The minimum Gasteiger partial charge on any atom is -0.462 e. The van der Waals surface area contributed by atoms with Gasteiger partial charge in [-0.3, -0.25) is 37.3 Å². The van der Waals surface area contributed by atoms with Crippen molar-refractivity contribution < 1.29 is 80.2 Å². The molecule has 0 saturated heterocycles. The monoisotopic (exact) mass is 1550 g/mol. The van der Waals surface area contributed by atoms with Crippen molar-refractivity contribution in [2.75, 3.05) is 39.6 Å². The molecule has 0 aliphatic heterocycles. The van der Waals surface area contributed by atoms with Gasteiger partial charge >= 0.3 is 39.5 Å². The minimum atomic E-state index is -4.97. The van der Waals surface area contributed by atoms with Crippen LogP contribution in [-0.4, -0.2) is 96.7 Å². The van der Waals surface area contributed by atoms with Crippen molar-refractivity contribution in [2.24, 2.45) is 11.8 Å². The summed E-state index contributed by atoms with van der Waals surface area (Å²) in [4.78, 5) is 73.2. The molecule has 0 saturated carbocycles. The third kappa shape index (κ3) is 80.1. The van der Waals surface area contributed by atoms with Gasteiger partial charge in [-0.1, -0.05) is 414 Å². The third-order valence-electron chi connectivity index (χ3n) is 20.5. The van der Waals surface area contributed by atoms with Crippen LogP contribution < -0.4 is 0 Å². The number of esters is 4. The Morgan fingerprint density at radius 2 is 0.434 bits per heavy atom. The van der Waals surface area contributed by atoms with E-state index in [0.717, 1.165) is 102 Å². The van der Waals surface area contributed by atoms with Crippen LogP contribution in [-0.2, 0) is 65.4 Å². The molecule has 0 heterocycles. The molecule has 0 aliphatic carbocycles. The number of ether oxygens (including phenoxy) is 4. The first kappa shape index (κ1) is 104. The largest absolute Gasteiger partial charge is 0.472 e. The predicted molar refractivity (Wildman–Crippen MR) is 437 cm³/mol. The fraction of sp³-hybridized carbons (Fsp3) is 0.954. The standard InChI is InChI=1S/C87H170O17P2/c1-7-9-11-13-15-17-19-20-21-22-23-24-25-26-27-28-36-41-47-53-59-65-71-86(91)104-83(76-98-85(90)70-64-58-52-46-40-35-31-29-33-38-43-49-55-61-67-79(3)4)78-102-106(95,96)100-74-81(88)73-99-105(93,94)101-77-82(75-97-84(89)69-63-57-51-45-18-16-14-12-10-8-2)103-87(92)72-66-60-54-48-42-37-32-30-34-39-44-50-56-62-68-80(5)6/h79-83,88H,7-78H2,1-6H3,(H,93,94)(H,95,96)/t81-,82+,83+/m0/s1. The van der Waals surface area contributed by atoms with Gasteiger partial charge in [0.15, 0.2) is 12.2 Å². The van der Waals surface area contributed by atoms with E-state index in [-0.39, 0.29) is 25.7 Å². The first-order valence-electron chi connectivity index (χ1n) is 45.0. The minimum absolute atomic E-state index is 0.108. The van der Waals surface area contributed by atoms with E-state index in [4.69, 9.17) is 37.0 Å². The number of hydrogen-bond acceptors (Lipinski definition) is 15. The number of phosphoric acid groups is 2. The molecular formula is C87H170O17P2. The lowest BCUT2D eigenvalue weighted by molar-refractivity contribution is -0.161. The molecule has 0 radical (unpaired) electrons. The Morgan fingerprint density at radius 3 is 0.642 bits per heavy atom. The van der Waals surface area contributed by atoms with E-state index in [9.17, 15) is 43.2 Å². The quantitative estimate of drug-likeness (QED) is 0.0222. The van der Waals surface area contributed by atoms with Crippen molar-refractivity contribution in [3.05, 3.63) is 0 Å². The van der Waals surface area contributed by atoms with Gasteiger partial charge in [0.05, 0.1) is 26.4 Å². The highest BCUT2D eigenvalue weighted by molar-refractivity contribution is 7.47. The van der Waals surface area contributed by atoms with Crippen LogP contribution in [0.3, 0.4) is 0 Å². The summed E-state index contributed by atoms with van der Waals surface area (Å²) in [5.41, 5.74) is 0. The van der Waals surface area contributed by atoms with E-state index < -0.39 is 97.5 Å². The van der Waals surface area contributed by atoms with Gasteiger partial charge in [0.2, 0.25) is 0 Å². The second-order valence-electron chi connectivity index (χ2n) is 32.2. The Bertz CT molecular complexity index is 2030. The molecule has 0 fully saturated rings. The summed E-state index contributed by atoms with van der Waals surface area (Å²) in [6.45, 7) is 9.71. The van der Waals surface area contributed by atoms with Crippen molar-refractivity contribution in [1.29, 1.82) is 0 Å². The molecule has 0 aromatic heterocycles. The first-order chi connectivity index (χ1) is 51.4. The van der Waals surface area contributed by atoms with Crippen LogP contribution in [0, 0.1) is 11.8 Å². The molecule has 5 atom stereocenters. The molecule has 0 amide bonds. The van der Waals surface area contributed by atoms with Crippen LogP contribution in [0.25, 0.3) is 0 Å². The van der Waals surface area contributed by atoms with Gasteiger partial charge in [-0.05, 0) is 37.5 Å². The number of unbranched alkanes of at least 4 members (excludes halogenated alkanes) is 56. The fourth-order valence-electron chi connectivity index (χ4n) is 13.6. The smallest absolute Gasteiger partial charge is 0.462 e. The van der Waals surface area contributed by atoms with Gasteiger partial charge in [0.1, 0.15) is 19.3 Å². The average molecular weight is 1550 g/mol. The summed E-state index contributed by atoms with van der Waals surface area (Å²) in [6, 6.07) is 0. The number of phosphoric ester groups is 2. The topological polar surface area (TPSA) is 237 Å². The zero-order valence-corrected chi connectivity index (χ0v) is 71.5. The number of carbonyl (C=O) groups is 4. The molecule has 0 aliphatic rings. The van der Waals surface area contributed by atoms with Crippen molar-refractivity contribution >= 4 is 39.5 Å². The van der Waals surface area contributed by atoms with E-state index in [2.05, 4.69) is 41.5 Å². The second kappa shape index (κ2) is 78.3. The summed E-state index contributed by atoms with van der Waals surface area (Å²) in [5, 5.41) is 10.7. The van der Waals surface area contributed by atoms with Crippen LogP contribution in [0.5, 0.6) is 0 Å². The molecule has 19 heteroatoms. The highest BCUT2D eigenvalue weighted by Crippen LogP contribution is 2.45. The Labute approximate surface area is 651 Å². The summed E-state index contributed by atoms with van der Waals surface area (Å²) < 4.78 is 68.9. The molecule has 630 valence electrons. The van der Waals surface area contributed by atoms with Gasteiger partial charge < -0.3 is 33.8 Å². The maximum absolute atomic E-state index is 13.2. The zero-order valence-electron chi connectivity index (χ0n) is 69.7. The summed E-state index contributed by atoms with van der Waals surface area (Å²) in [6.07, 6.45) is 70.9. The number of aliphatic hydroxyl groups excluding tert-OH is 1. The molecule has 0 rings (SSSR count). The first-order valence-corrected chi connectivity index (χ1v) is 48.0. The maximum Gasteiger partial charge on any atom is 0.472 e. The van der Waals surface area contributed by atoms with E-state index in [1.165, 1.54) is 283 Å². The predicted octanol–water partition coefficient (Wildman–Crippen LogP) is 26.6. The van der Waals surface area contributed by atoms with Gasteiger partial charge in [0.25, 0.3) is 0 Å². The molecule has 106 heavy (non-hydrogen) atoms. The molecule has 0 bridgehead atoms. The van der Waals surface area contributed by atoms with E-state index in [1.807, 2.05) is 0 Å². The molecule has 3 N–H and O–H groups in total. The van der Waals surface area contributed by atoms with Gasteiger partial charge in [-0.15, -0.1) is 0 Å². The lowest BCUT2D eigenvalue weighted by Crippen LogP contribution is -2.30. The number of aliphatic hydroxyl groups is 1. The maximum atomic E-state index is 13.2. The summed E-state index contributed by atoms with van der Waals surface area (Å²) in [5.74, 6) is -0.507. The van der Waals surface area contributed by atoms with Crippen molar-refractivity contribution in [3.63, 3.8) is 0 Å². The van der Waals surface area contributed by atoms with Crippen LogP contribution in [0.15, 0.2) is 0 Å². The summed E-state index contributed by atoms with van der Waals surface area (Å²) >= 11 is 0. The van der Waals surface area contributed by atoms with E-state index in [0.29, 0.717) is 25.7 Å². The van der Waals surface area contributed by atoms with E-state index in [1.54, 1.807) is 0 Å². The van der Waals surface area contributed by atoms with Crippen LogP contribution >= 0.6 is 15.6 Å². The highest BCUT2D eigenvalue weighted by atomic mass is 31.2. The normalized spacial score (nSPS) is 13.8. The lowest BCUT2D eigenvalue weighted by atomic mass is 10.0. The lowest BCUT2D eigenvalue weighted by Gasteiger charge is -2.21. The Morgan fingerprint density at radius 1 is 0.255 bits per heavy atom. The van der Waals surface area contributed by atoms with Crippen molar-refractivity contribution in [2.45, 2.75) is 484 Å². The van der Waals surface area contributed by atoms with Gasteiger partial charge in [0, 0.05) is 25.7 Å². The fourth-order valence-corrected chi connectivity index (χ4v) is 15.2. The second-order valence-corrected chi connectivity index (χ2v) is 35.1.